The van der Waals surface area contributed by atoms with Crippen LogP contribution in [0, 0.1) is 16.0 Å². The number of amides is 2. The number of rotatable bonds is 4. The van der Waals surface area contributed by atoms with Crippen molar-refractivity contribution in [3.05, 3.63) is 63.7 Å². The van der Waals surface area contributed by atoms with Crippen LogP contribution in [0.15, 0.2) is 48.5 Å². The summed E-state index contributed by atoms with van der Waals surface area (Å²) in [5.74, 6) is -0.401. The number of halogens is 1. The van der Waals surface area contributed by atoms with Gasteiger partial charge in [-0.05, 0) is 36.4 Å². The van der Waals surface area contributed by atoms with Gasteiger partial charge in [-0.1, -0.05) is 11.6 Å². The van der Waals surface area contributed by atoms with Crippen LogP contribution in [-0.4, -0.2) is 54.4 Å². The number of nitrogens with zero attached hydrogens (tertiary/aromatic N) is 4. The number of carbonyl (C=O) groups excluding carboxylic acids is 2. The van der Waals surface area contributed by atoms with E-state index in [-0.39, 0.29) is 29.8 Å². The molecule has 156 valence electrons. The van der Waals surface area contributed by atoms with Crippen LogP contribution in [0.3, 0.4) is 0 Å². The predicted octanol–water partition coefficient (Wildman–Crippen LogP) is 2.95. The highest BCUT2D eigenvalue weighted by Gasteiger charge is 2.38. The number of piperazine rings is 1. The third kappa shape index (κ3) is 4.09. The van der Waals surface area contributed by atoms with Crippen LogP contribution in [0.4, 0.5) is 17.1 Å². The lowest BCUT2D eigenvalue weighted by atomic mass is 10.1. The van der Waals surface area contributed by atoms with Crippen molar-refractivity contribution in [2.24, 2.45) is 5.92 Å². The summed E-state index contributed by atoms with van der Waals surface area (Å²) in [6.07, 6.45) is 0.212. The number of hydrogen-bond acceptors (Lipinski definition) is 5. The number of hydrogen-bond donors (Lipinski definition) is 0. The average molecular weight is 429 g/mol. The molecule has 0 N–H and O–H groups in total. The number of nitro benzene ring substituents is 1. The van der Waals surface area contributed by atoms with Gasteiger partial charge in [0.2, 0.25) is 11.8 Å². The van der Waals surface area contributed by atoms with Gasteiger partial charge in [-0.3, -0.25) is 19.7 Å². The van der Waals surface area contributed by atoms with E-state index in [1.807, 2.05) is 4.90 Å². The molecule has 1 atom stereocenters. The average Bonchev–Trinajstić information content (AvgIpc) is 3.15. The number of carbonyl (C=O) groups is 2. The summed E-state index contributed by atoms with van der Waals surface area (Å²) in [6.45, 7) is 2.78. The van der Waals surface area contributed by atoms with Gasteiger partial charge in [0, 0.05) is 67.7 Å². The van der Waals surface area contributed by atoms with Crippen molar-refractivity contribution in [2.75, 3.05) is 42.5 Å². The fourth-order valence-electron chi connectivity index (χ4n) is 3.97. The summed E-state index contributed by atoms with van der Waals surface area (Å²) in [5.41, 5.74) is 1.71. The first-order chi connectivity index (χ1) is 14.4. The van der Waals surface area contributed by atoms with E-state index in [4.69, 9.17) is 11.6 Å². The molecule has 0 saturated carbocycles. The monoisotopic (exact) mass is 428 g/mol. The maximum absolute atomic E-state index is 13.0. The number of anilines is 2. The van der Waals surface area contributed by atoms with Gasteiger partial charge in [-0.2, -0.15) is 0 Å². The smallest absolute Gasteiger partial charge is 0.269 e. The second-order valence-corrected chi connectivity index (χ2v) is 7.90. The normalized spacial score (nSPS) is 19.3. The summed E-state index contributed by atoms with van der Waals surface area (Å²) < 4.78 is 0. The van der Waals surface area contributed by atoms with Crippen LogP contribution in [0.25, 0.3) is 0 Å². The zero-order valence-corrected chi connectivity index (χ0v) is 17.0. The van der Waals surface area contributed by atoms with E-state index in [0.717, 1.165) is 11.4 Å². The molecular formula is C21H21ClN4O4. The lowest BCUT2D eigenvalue weighted by molar-refractivity contribution is -0.384. The highest BCUT2D eigenvalue weighted by Crippen LogP contribution is 2.28. The van der Waals surface area contributed by atoms with Crippen molar-refractivity contribution in [3.63, 3.8) is 0 Å². The van der Waals surface area contributed by atoms with Gasteiger partial charge in [-0.25, -0.2) is 0 Å². The fraction of sp³-hybridized carbons (Fsp3) is 0.333. The Bertz CT molecular complexity index is 956. The Kier molecular flexibility index (Phi) is 5.59. The van der Waals surface area contributed by atoms with Crippen LogP contribution < -0.4 is 9.80 Å². The summed E-state index contributed by atoms with van der Waals surface area (Å²) in [6, 6.07) is 13.5. The van der Waals surface area contributed by atoms with Crippen molar-refractivity contribution in [3.8, 4) is 0 Å². The van der Waals surface area contributed by atoms with E-state index >= 15 is 0 Å². The Morgan fingerprint density at radius 1 is 0.967 bits per heavy atom. The number of benzene rings is 2. The molecular weight excluding hydrogens is 408 g/mol. The Balaban J connectivity index is 1.34. The first kappa shape index (κ1) is 20.2. The number of non-ortho nitro benzene ring substituents is 1. The van der Waals surface area contributed by atoms with E-state index in [1.54, 1.807) is 41.3 Å². The molecule has 2 amide bonds. The topological polar surface area (TPSA) is 87.0 Å². The second kappa shape index (κ2) is 8.31. The lowest BCUT2D eigenvalue weighted by Gasteiger charge is -2.37. The molecule has 0 unspecified atom stereocenters. The molecule has 9 heteroatoms. The summed E-state index contributed by atoms with van der Waals surface area (Å²) in [7, 11) is 0. The van der Waals surface area contributed by atoms with Crippen molar-refractivity contribution < 1.29 is 14.5 Å². The molecule has 2 aromatic carbocycles. The quantitative estimate of drug-likeness (QED) is 0.552. The minimum Gasteiger partial charge on any atom is -0.368 e. The maximum atomic E-state index is 13.0. The van der Waals surface area contributed by atoms with E-state index in [0.29, 0.717) is 37.7 Å². The summed E-state index contributed by atoms with van der Waals surface area (Å²) in [5, 5.41) is 11.4. The third-order valence-corrected chi connectivity index (χ3v) is 5.88. The summed E-state index contributed by atoms with van der Waals surface area (Å²) in [4.78, 5) is 41.3. The van der Waals surface area contributed by atoms with Gasteiger partial charge < -0.3 is 14.7 Å². The van der Waals surface area contributed by atoms with Gasteiger partial charge in [0.25, 0.3) is 5.69 Å². The zero-order chi connectivity index (χ0) is 21.3. The van der Waals surface area contributed by atoms with Gasteiger partial charge in [-0.15, -0.1) is 0 Å². The van der Waals surface area contributed by atoms with Crippen LogP contribution in [0.1, 0.15) is 6.42 Å². The van der Waals surface area contributed by atoms with Crippen molar-refractivity contribution in [1.29, 1.82) is 0 Å². The molecule has 2 aliphatic rings. The highest BCUT2D eigenvalue weighted by molar-refractivity contribution is 6.30. The summed E-state index contributed by atoms with van der Waals surface area (Å²) >= 11 is 5.91. The van der Waals surface area contributed by atoms with E-state index in [9.17, 15) is 19.7 Å². The van der Waals surface area contributed by atoms with Crippen molar-refractivity contribution >= 4 is 40.5 Å². The van der Waals surface area contributed by atoms with E-state index in [1.165, 1.54) is 12.1 Å². The second-order valence-electron chi connectivity index (χ2n) is 7.47. The molecule has 0 bridgehead atoms. The molecule has 8 nitrogen and oxygen atoms in total. The molecule has 2 aliphatic heterocycles. The van der Waals surface area contributed by atoms with Crippen molar-refractivity contribution in [1.82, 2.24) is 4.90 Å². The molecule has 0 spiro atoms. The molecule has 2 saturated heterocycles. The molecule has 0 radical (unpaired) electrons. The molecule has 30 heavy (non-hydrogen) atoms. The third-order valence-electron chi connectivity index (χ3n) is 5.63. The van der Waals surface area contributed by atoms with Gasteiger partial charge >= 0.3 is 0 Å². The van der Waals surface area contributed by atoms with Gasteiger partial charge in [0.05, 0.1) is 10.8 Å². The Hall–Kier alpha value is -3.13. The predicted molar refractivity (Wildman–Crippen MR) is 114 cm³/mol. The molecule has 2 heterocycles. The Morgan fingerprint density at radius 3 is 2.17 bits per heavy atom. The first-order valence-electron chi connectivity index (χ1n) is 9.76. The maximum Gasteiger partial charge on any atom is 0.269 e. The van der Waals surface area contributed by atoms with Crippen LogP contribution in [0.5, 0.6) is 0 Å². The van der Waals surface area contributed by atoms with Crippen LogP contribution in [0.2, 0.25) is 5.02 Å². The number of nitro groups is 1. The zero-order valence-electron chi connectivity index (χ0n) is 16.2. The van der Waals surface area contributed by atoms with E-state index < -0.39 is 4.92 Å². The Labute approximate surface area is 178 Å². The Morgan fingerprint density at radius 2 is 1.57 bits per heavy atom. The lowest BCUT2D eigenvalue weighted by Crippen LogP contribution is -2.50. The molecule has 0 aliphatic carbocycles. The largest absolute Gasteiger partial charge is 0.368 e. The standard InChI is InChI=1S/C21H21ClN4O4/c22-16-1-3-18(4-2-16)25-14-15(13-20(25)27)21(28)24-11-9-23(10-12-24)17-5-7-19(8-6-17)26(29)30/h1-8,15H,9-14H2/t15-/m1/s1. The van der Waals surface area contributed by atoms with Crippen LogP contribution in [-0.2, 0) is 9.59 Å². The molecule has 2 fully saturated rings. The van der Waals surface area contributed by atoms with E-state index in [2.05, 4.69) is 4.90 Å². The molecule has 0 aromatic heterocycles. The highest BCUT2D eigenvalue weighted by atomic mass is 35.5. The van der Waals surface area contributed by atoms with Crippen LogP contribution >= 0.6 is 11.6 Å². The molecule has 2 aromatic rings. The SMILES string of the molecule is O=C([C@@H]1CC(=O)N(c2ccc(Cl)cc2)C1)N1CCN(c2ccc([N+](=O)[O-])cc2)CC1. The van der Waals surface area contributed by atoms with Crippen molar-refractivity contribution in [2.45, 2.75) is 6.42 Å². The minimum atomic E-state index is -0.420. The molecule has 4 rings (SSSR count). The first-order valence-corrected chi connectivity index (χ1v) is 10.1. The van der Waals surface area contributed by atoms with Gasteiger partial charge in [0.1, 0.15) is 0 Å². The van der Waals surface area contributed by atoms with Gasteiger partial charge in [0.15, 0.2) is 0 Å². The minimum absolute atomic E-state index is 0.00293. The fourth-order valence-corrected chi connectivity index (χ4v) is 4.10.